The highest BCUT2D eigenvalue weighted by Gasteiger charge is 2.23. The second kappa shape index (κ2) is 13.3. The number of para-hydroxylation sites is 4. The molecule has 6 nitrogen and oxygen atoms in total. The summed E-state index contributed by atoms with van der Waals surface area (Å²) in [7, 11) is 0. The Kier molecular flexibility index (Phi) is 7.69. The van der Waals surface area contributed by atoms with E-state index in [1.807, 2.05) is 0 Å². The zero-order valence-corrected chi connectivity index (χ0v) is 34.3. The van der Waals surface area contributed by atoms with Gasteiger partial charge in [0.15, 0.2) is 11.6 Å². The van der Waals surface area contributed by atoms with E-state index in [2.05, 4.69) is 211 Å². The maximum Gasteiger partial charge on any atom is 0.238 e. The number of aromatic nitrogens is 6. The Morgan fingerprint density at radius 1 is 0.295 bits per heavy atom. The van der Waals surface area contributed by atoms with Crippen molar-refractivity contribution in [1.82, 2.24) is 28.7 Å². The topological polar surface area (TPSA) is 53.5 Å². The number of rotatable bonds is 5. The number of hydrogen-bond donors (Lipinski definition) is 0. The van der Waals surface area contributed by atoms with Crippen LogP contribution in [0.5, 0.6) is 0 Å². The Morgan fingerprint density at radius 2 is 0.623 bits per heavy atom. The van der Waals surface area contributed by atoms with Gasteiger partial charge in [0, 0.05) is 43.4 Å². The van der Waals surface area contributed by atoms with E-state index < -0.39 is 0 Å². The highest BCUT2D eigenvalue weighted by molar-refractivity contribution is 6.12. The zero-order valence-electron chi connectivity index (χ0n) is 34.3. The van der Waals surface area contributed by atoms with Gasteiger partial charge in [0.2, 0.25) is 5.95 Å². The molecule has 12 aromatic rings. The van der Waals surface area contributed by atoms with Crippen molar-refractivity contribution in [2.24, 2.45) is 0 Å². The molecule has 0 bridgehead atoms. The predicted molar refractivity (Wildman–Crippen MR) is 253 cm³/mol. The molecule has 0 aliphatic carbocycles. The number of aryl methyl sites for hydroxylation is 4. The Hall–Kier alpha value is -7.83. The van der Waals surface area contributed by atoms with Crippen LogP contribution in [0.3, 0.4) is 0 Å². The summed E-state index contributed by atoms with van der Waals surface area (Å²) in [6.07, 6.45) is 0. The largest absolute Gasteiger partial charge is 0.309 e. The summed E-state index contributed by atoms with van der Waals surface area (Å²) in [4.78, 5) is 16.5. The number of benzene rings is 8. The molecule has 0 fully saturated rings. The van der Waals surface area contributed by atoms with Crippen LogP contribution in [0.2, 0.25) is 0 Å². The number of hydrogen-bond acceptors (Lipinski definition) is 3. The molecule has 0 atom stereocenters. The van der Waals surface area contributed by atoms with Crippen molar-refractivity contribution < 1.29 is 0 Å². The molecular weight excluding hydrogens is 745 g/mol. The van der Waals surface area contributed by atoms with E-state index in [4.69, 9.17) is 15.0 Å². The van der Waals surface area contributed by atoms with Gasteiger partial charge in [-0.05, 0) is 113 Å². The first-order valence-corrected chi connectivity index (χ1v) is 20.9. The third kappa shape index (κ3) is 5.38. The Bertz CT molecular complexity index is 3600. The first kappa shape index (κ1) is 35.1. The molecule has 12 rings (SSSR count). The molecular formula is C55H40N6. The second-order valence-electron chi connectivity index (χ2n) is 16.4. The van der Waals surface area contributed by atoms with Crippen molar-refractivity contribution in [3.63, 3.8) is 0 Å². The van der Waals surface area contributed by atoms with E-state index in [0.717, 1.165) is 55.6 Å². The third-order valence-electron chi connectivity index (χ3n) is 12.3. The van der Waals surface area contributed by atoms with Crippen LogP contribution in [0.4, 0.5) is 0 Å². The molecule has 0 N–H and O–H groups in total. The average molecular weight is 785 g/mol. The summed E-state index contributed by atoms with van der Waals surface area (Å²) in [6, 6.07) is 61.1. The minimum atomic E-state index is 0.563. The molecule has 0 amide bonds. The maximum absolute atomic E-state index is 5.50. The quantitative estimate of drug-likeness (QED) is 0.175. The van der Waals surface area contributed by atoms with Crippen LogP contribution in [0.1, 0.15) is 22.3 Å². The molecule has 4 aromatic heterocycles. The molecule has 0 saturated carbocycles. The first-order valence-electron chi connectivity index (χ1n) is 20.9. The highest BCUT2D eigenvalue weighted by atomic mass is 15.2. The van der Waals surface area contributed by atoms with Gasteiger partial charge in [-0.2, -0.15) is 9.97 Å². The fraction of sp³-hybridized carbons (Fsp3) is 0.0727. The fourth-order valence-corrected chi connectivity index (χ4v) is 9.58. The Morgan fingerprint density at radius 3 is 1.03 bits per heavy atom. The van der Waals surface area contributed by atoms with E-state index in [0.29, 0.717) is 17.6 Å². The normalized spacial score (nSPS) is 11.9. The van der Waals surface area contributed by atoms with Crippen LogP contribution in [-0.2, 0) is 0 Å². The maximum atomic E-state index is 5.50. The van der Waals surface area contributed by atoms with Gasteiger partial charge in [-0.25, -0.2) is 4.98 Å². The van der Waals surface area contributed by atoms with E-state index >= 15 is 0 Å². The molecule has 0 aliphatic heterocycles. The van der Waals surface area contributed by atoms with Gasteiger partial charge < -0.3 is 9.13 Å². The summed E-state index contributed by atoms with van der Waals surface area (Å²) >= 11 is 0. The van der Waals surface area contributed by atoms with Crippen molar-refractivity contribution in [3.8, 4) is 40.1 Å². The standard InChI is InChI=1S/C55H40N6/c1-33-21-25-49-41(29-33)42-30-34(2)22-26-50(42)60(49)48-20-12-8-16-40(48)54-56-53(57-55(58-54)61-51-27-23-35(3)31-43(51)44-32-36(4)24-28-52(44)61)39-15-7-11-19-47(39)59-45-17-9-5-13-37(45)38-14-6-10-18-46(38)59/h5-32H,1-4H3. The predicted octanol–water partition coefficient (Wildman–Crippen LogP) is 13.7. The van der Waals surface area contributed by atoms with Crippen molar-refractivity contribution in [2.45, 2.75) is 27.7 Å². The highest BCUT2D eigenvalue weighted by Crippen LogP contribution is 2.40. The number of fused-ring (bicyclic) bond motifs is 9. The minimum absolute atomic E-state index is 0.563. The molecule has 8 aromatic carbocycles. The van der Waals surface area contributed by atoms with Crippen LogP contribution in [-0.4, -0.2) is 28.7 Å². The van der Waals surface area contributed by atoms with Crippen molar-refractivity contribution in [3.05, 3.63) is 192 Å². The lowest BCUT2D eigenvalue weighted by molar-refractivity contribution is 0.949. The lowest BCUT2D eigenvalue weighted by Gasteiger charge is -2.17. The minimum Gasteiger partial charge on any atom is -0.309 e. The van der Waals surface area contributed by atoms with E-state index in [9.17, 15) is 0 Å². The van der Waals surface area contributed by atoms with E-state index in [-0.39, 0.29) is 0 Å². The summed E-state index contributed by atoms with van der Waals surface area (Å²) in [6.45, 7) is 8.62. The Labute approximate surface area is 352 Å². The van der Waals surface area contributed by atoms with Gasteiger partial charge in [0.1, 0.15) is 0 Å². The van der Waals surface area contributed by atoms with Crippen molar-refractivity contribution in [1.29, 1.82) is 0 Å². The van der Waals surface area contributed by atoms with E-state index in [1.54, 1.807) is 0 Å². The summed E-state index contributed by atoms with van der Waals surface area (Å²) < 4.78 is 6.95. The van der Waals surface area contributed by atoms with Crippen LogP contribution in [0, 0.1) is 27.7 Å². The lowest BCUT2D eigenvalue weighted by atomic mass is 10.1. The number of nitrogens with zero attached hydrogens (tertiary/aromatic N) is 6. The first-order chi connectivity index (χ1) is 29.9. The van der Waals surface area contributed by atoms with E-state index in [1.165, 1.54) is 54.6 Å². The van der Waals surface area contributed by atoms with Crippen LogP contribution < -0.4 is 0 Å². The fourth-order valence-electron chi connectivity index (χ4n) is 9.58. The molecule has 0 aliphatic rings. The molecule has 0 unspecified atom stereocenters. The van der Waals surface area contributed by atoms with Gasteiger partial charge in [-0.1, -0.05) is 107 Å². The summed E-state index contributed by atoms with van der Waals surface area (Å²) in [5.41, 5.74) is 15.3. The lowest BCUT2D eigenvalue weighted by Crippen LogP contribution is -2.09. The van der Waals surface area contributed by atoms with Crippen molar-refractivity contribution in [2.75, 3.05) is 0 Å². The second-order valence-corrected chi connectivity index (χ2v) is 16.4. The van der Waals surface area contributed by atoms with Gasteiger partial charge in [-0.3, -0.25) is 4.57 Å². The molecule has 0 radical (unpaired) electrons. The van der Waals surface area contributed by atoms with Crippen LogP contribution in [0.25, 0.3) is 106 Å². The third-order valence-corrected chi connectivity index (χ3v) is 12.3. The summed E-state index contributed by atoms with van der Waals surface area (Å²) in [5.74, 6) is 1.75. The smallest absolute Gasteiger partial charge is 0.238 e. The monoisotopic (exact) mass is 784 g/mol. The van der Waals surface area contributed by atoms with Crippen molar-refractivity contribution >= 4 is 65.4 Å². The molecule has 61 heavy (non-hydrogen) atoms. The molecule has 0 spiro atoms. The molecule has 4 heterocycles. The Balaban J connectivity index is 1.18. The van der Waals surface area contributed by atoms with Crippen LogP contribution >= 0.6 is 0 Å². The van der Waals surface area contributed by atoms with Crippen LogP contribution in [0.15, 0.2) is 170 Å². The van der Waals surface area contributed by atoms with Gasteiger partial charge in [-0.15, -0.1) is 0 Å². The van der Waals surface area contributed by atoms with Gasteiger partial charge in [0.05, 0.1) is 44.5 Å². The summed E-state index contributed by atoms with van der Waals surface area (Å²) in [5, 5.41) is 7.19. The SMILES string of the molecule is Cc1ccc2c(c1)c1cc(C)ccc1n2-c1nc(-c2ccccc2-n2c3ccccc3c3ccccc32)nc(-c2ccccc2-n2c3ccc(C)cc3c3cc(C)ccc32)n1. The molecule has 290 valence electrons. The zero-order chi connectivity index (χ0) is 40.9. The van der Waals surface area contributed by atoms with Gasteiger partial charge >= 0.3 is 0 Å². The molecule has 0 saturated heterocycles. The van der Waals surface area contributed by atoms with Gasteiger partial charge in [0.25, 0.3) is 0 Å². The molecule has 6 heteroatoms. The average Bonchev–Trinajstić information content (AvgIpc) is 3.91.